The van der Waals surface area contributed by atoms with Gasteiger partial charge in [-0.1, -0.05) is 140 Å². The number of anilines is 3. The van der Waals surface area contributed by atoms with Gasteiger partial charge in [0.1, 0.15) is 11.2 Å². The van der Waals surface area contributed by atoms with E-state index in [0.717, 1.165) is 44.7 Å². The zero-order valence-corrected chi connectivity index (χ0v) is 26.3. The molecule has 0 atom stereocenters. The molecule has 226 valence electrons. The molecule has 1 aromatic heterocycles. The molecule has 1 heterocycles. The minimum absolute atomic E-state index is 0.903. The lowest BCUT2D eigenvalue weighted by Crippen LogP contribution is -2.11. The lowest BCUT2D eigenvalue weighted by molar-refractivity contribution is 0.669. The van der Waals surface area contributed by atoms with Gasteiger partial charge in [-0.3, -0.25) is 0 Å². The molecule has 48 heavy (non-hydrogen) atoms. The van der Waals surface area contributed by atoms with Crippen molar-refractivity contribution >= 4 is 49.8 Å². The smallest absolute Gasteiger partial charge is 0.136 e. The van der Waals surface area contributed by atoms with Crippen LogP contribution in [0.4, 0.5) is 17.1 Å². The Hall–Kier alpha value is -6.38. The summed E-state index contributed by atoms with van der Waals surface area (Å²) in [7, 11) is 0. The standard InChI is InChI=1S/C46H31NO/c1-3-11-32(12-4-1)33-19-25-38(26-20-33)47(43-18-10-9-16-40(43)35-13-5-2-6-14-35)39-27-21-34(22-28-39)37-23-29-42-45(31-37)48-44-30-24-36-15-7-8-17-41(36)46(42)44/h1-31H. The van der Waals surface area contributed by atoms with Crippen LogP contribution in [-0.2, 0) is 0 Å². The topological polar surface area (TPSA) is 16.4 Å². The quantitative estimate of drug-likeness (QED) is 0.185. The van der Waals surface area contributed by atoms with Crippen LogP contribution >= 0.6 is 0 Å². The highest BCUT2D eigenvalue weighted by Gasteiger charge is 2.18. The van der Waals surface area contributed by atoms with Gasteiger partial charge in [0.15, 0.2) is 0 Å². The first-order chi connectivity index (χ1) is 23.8. The van der Waals surface area contributed by atoms with E-state index in [1.165, 1.54) is 38.4 Å². The minimum Gasteiger partial charge on any atom is -0.456 e. The van der Waals surface area contributed by atoms with Crippen LogP contribution < -0.4 is 4.90 Å². The molecule has 0 saturated carbocycles. The molecule has 8 aromatic carbocycles. The molecule has 0 amide bonds. The highest BCUT2D eigenvalue weighted by molar-refractivity contribution is 6.19. The van der Waals surface area contributed by atoms with Gasteiger partial charge < -0.3 is 9.32 Å². The molecule has 0 bridgehead atoms. The van der Waals surface area contributed by atoms with Crippen molar-refractivity contribution < 1.29 is 4.42 Å². The fourth-order valence-electron chi connectivity index (χ4n) is 6.92. The zero-order chi connectivity index (χ0) is 31.9. The maximum atomic E-state index is 6.39. The molecule has 0 spiro atoms. The SMILES string of the molecule is c1ccc(-c2ccc(N(c3ccc(-c4ccc5c(c4)oc4ccc6ccccc6c45)cc3)c3ccccc3-c3ccccc3)cc2)cc1. The number of fused-ring (bicyclic) bond motifs is 5. The van der Waals surface area contributed by atoms with Crippen molar-refractivity contribution in [3.63, 3.8) is 0 Å². The molecule has 2 heteroatoms. The molecular formula is C46H31NO. The maximum Gasteiger partial charge on any atom is 0.136 e. The summed E-state index contributed by atoms with van der Waals surface area (Å²) in [5.74, 6) is 0. The van der Waals surface area contributed by atoms with E-state index < -0.39 is 0 Å². The summed E-state index contributed by atoms with van der Waals surface area (Å²) < 4.78 is 6.39. The fraction of sp³-hybridized carbons (Fsp3) is 0. The second-order valence-corrected chi connectivity index (χ2v) is 12.2. The van der Waals surface area contributed by atoms with Crippen molar-refractivity contribution in [1.82, 2.24) is 0 Å². The number of nitrogens with zero attached hydrogens (tertiary/aromatic N) is 1. The van der Waals surface area contributed by atoms with E-state index in [0.29, 0.717) is 0 Å². The normalized spacial score (nSPS) is 11.3. The van der Waals surface area contributed by atoms with E-state index >= 15 is 0 Å². The average Bonchev–Trinajstić information content (AvgIpc) is 3.55. The first-order valence-corrected chi connectivity index (χ1v) is 16.3. The third-order valence-corrected chi connectivity index (χ3v) is 9.28. The highest BCUT2D eigenvalue weighted by Crippen LogP contribution is 2.42. The Morgan fingerprint density at radius 1 is 0.354 bits per heavy atom. The summed E-state index contributed by atoms with van der Waals surface area (Å²) in [6.45, 7) is 0. The Kier molecular flexibility index (Phi) is 6.84. The van der Waals surface area contributed by atoms with Crippen molar-refractivity contribution in [1.29, 1.82) is 0 Å². The van der Waals surface area contributed by atoms with Crippen molar-refractivity contribution in [2.45, 2.75) is 0 Å². The first-order valence-electron chi connectivity index (χ1n) is 16.3. The molecule has 9 rings (SSSR count). The third-order valence-electron chi connectivity index (χ3n) is 9.28. The molecule has 0 saturated heterocycles. The fourth-order valence-corrected chi connectivity index (χ4v) is 6.92. The minimum atomic E-state index is 0.903. The number of para-hydroxylation sites is 1. The molecule has 0 unspecified atom stereocenters. The van der Waals surface area contributed by atoms with Crippen LogP contribution in [0.1, 0.15) is 0 Å². The van der Waals surface area contributed by atoms with Crippen molar-refractivity contribution in [2.75, 3.05) is 4.90 Å². The van der Waals surface area contributed by atoms with Crippen molar-refractivity contribution in [3.8, 4) is 33.4 Å². The highest BCUT2D eigenvalue weighted by atomic mass is 16.3. The second kappa shape index (κ2) is 11.8. The summed E-state index contributed by atoms with van der Waals surface area (Å²) in [6.07, 6.45) is 0. The first kappa shape index (κ1) is 27.9. The van der Waals surface area contributed by atoms with E-state index in [1.54, 1.807) is 0 Å². The Labute approximate surface area is 279 Å². The van der Waals surface area contributed by atoms with Gasteiger partial charge in [-0.15, -0.1) is 0 Å². The van der Waals surface area contributed by atoms with Crippen LogP contribution in [0.15, 0.2) is 192 Å². The molecule has 0 fully saturated rings. The predicted molar refractivity (Wildman–Crippen MR) is 202 cm³/mol. The van der Waals surface area contributed by atoms with Crippen LogP contribution in [0.5, 0.6) is 0 Å². The van der Waals surface area contributed by atoms with E-state index in [9.17, 15) is 0 Å². The van der Waals surface area contributed by atoms with E-state index in [-0.39, 0.29) is 0 Å². The van der Waals surface area contributed by atoms with Crippen LogP contribution in [-0.4, -0.2) is 0 Å². The number of hydrogen-bond acceptors (Lipinski definition) is 2. The Bertz CT molecular complexity index is 2530. The Morgan fingerprint density at radius 3 is 1.65 bits per heavy atom. The van der Waals surface area contributed by atoms with Gasteiger partial charge in [0.2, 0.25) is 0 Å². The maximum absolute atomic E-state index is 6.39. The summed E-state index contributed by atoms with van der Waals surface area (Å²) in [5, 5.41) is 4.76. The number of furan rings is 1. The second-order valence-electron chi connectivity index (χ2n) is 12.2. The number of hydrogen-bond donors (Lipinski definition) is 0. The molecule has 0 N–H and O–H groups in total. The van der Waals surface area contributed by atoms with Gasteiger partial charge in [-0.25, -0.2) is 0 Å². The predicted octanol–water partition coefficient (Wildman–Crippen LogP) is 13.2. The van der Waals surface area contributed by atoms with Crippen LogP contribution in [0, 0.1) is 0 Å². The molecule has 2 nitrogen and oxygen atoms in total. The molecule has 9 aromatic rings. The molecule has 0 aliphatic carbocycles. The van der Waals surface area contributed by atoms with Crippen LogP contribution in [0.25, 0.3) is 66.1 Å². The van der Waals surface area contributed by atoms with E-state index in [2.05, 4.69) is 193 Å². The molecule has 0 aliphatic rings. The summed E-state index contributed by atoms with van der Waals surface area (Å²) in [6, 6.07) is 66.8. The lowest BCUT2D eigenvalue weighted by Gasteiger charge is -2.28. The van der Waals surface area contributed by atoms with Crippen molar-refractivity contribution in [3.05, 3.63) is 188 Å². The zero-order valence-electron chi connectivity index (χ0n) is 26.3. The summed E-state index contributed by atoms with van der Waals surface area (Å²) >= 11 is 0. The van der Waals surface area contributed by atoms with Gasteiger partial charge in [0.05, 0.1) is 5.69 Å². The third kappa shape index (κ3) is 4.92. The molecule has 0 radical (unpaired) electrons. The van der Waals surface area contributed by atoms with Crippen LogP contribution in [0.3, 0.4) is 0 Å². The summed E-state index contributed by atoms with van der Waals surface area (Å²) in [4.78, 5) is 2.36. The van der Waals surface area contributed by atoms with Gasteiger partial charge in [-0.2, -0.15) is 0 Å². The average molecular weight is 614 g/mol. The van der Waals surface area contributed by atoms with Gasteiger partial charge in [-0.05, 0) is 87.1 Å². The Morgan fingerprint density at radius 2 is 0.917 bits per heavy atom. The number of benzene rings is 8. The van der Waals surface area contributed by atoms with Crippen LogP contribution in [0.2, 0.25) is 0 Å². The van der Waals surface area contributed by atoms with Gasteiger partial charge in [0, 0.05) is 27.7 Å². The van der Waals surface area contributed by atoms with E-state index in [4.69, 9.17) is 4.42 Å². The number of rotatable bonds is 6. The van der Waals surface area contributed by atoms with Crippen molar-refractivity contribution in [2.24, 2.45) is 0 Å². The molecule has 0 aliphatic heterocycles. The lowest BCUT2D eigenvalue weighted by atomic mass is 9.99. The van der Waals surface area contributed by atoms with Gasteiger partial charge in [0.25, 0.3) is 0 Å². The molecular weight excluding hydrogens is 583 g/mol. The summed E-state index contributed by atoms with van der Waals surface area (Å²) in [5.41, 5.74) is 12.2. The van der Waals surface area contributed by atoms with E-state index in [1.807, 2.05) is 0 Å². The monoisotopic (exact) mass is 613 g/mol. The van der Waals surface area contributed by atoms with Gasteiger partial charge >= 0.3 is 0 Å². The Balaban J connectivity index is 1.13. The largest absolute Gasteiger partial charge is 0.456 e.